The van der Waals surface area contributed by atoms with E-state index in [1.807, 2.05) is 0 Å². The van der Waals surface area contributed by atoms with Gasteiger partial charge >= 0.3 is 0 Å². The number of likely N-dealkylation sites (N-methyl/N-ethyl adjacent to an activating group) is 2. The molecule has 1 N–H and O–H groups in total. The van der Waals surface area contributed by atoms with Crippen LogP contribution in [-0.2, 0) is 9.47 Å². The lowest BCUT2D eigenvalue weighted by molar-refractivity contribution is 0.100. The Hall–Kier alpha value is -0.160. The Balaban J connectivity index is 2.41. The number of methoxy groups -OCH3 is 1. The molecule has 1 saturated heterocycles. The van der Waals surface area contributed by atoms with Crippen LogP contribution in [0.15, 0.2) is 0 Å². The first-order chi connectivity index (χ1) is 8.19. The standard InChI is InChI=1S/C13H28N2O2/c1-5-14-13(12-6-7-17-10-12)8-15(3)11(2)9-16-4/h11-14H,5-10H2,1-4H3. The quantitative estimate of drug-likeness (QED) is 0.690. The second-order valence-electron chi connectivity index (χ2n) is 5.03. The van der Waals surface area contributed by atoms with Crippen LogP contribution in [0.3, 0.4) is 0 Å². The molecule has 0 amide bonds. The molecule has 0 aromatic rings. The number of rotatable bonds is 8. The molecule has 4 nitrogen and oxygen atoms in total. The number of nitrogens with zero attached hydrogens (tertiary/aromatic N) is 1. The zero-order valence-electron chi connectivity index (χ0n) is 11.7. The summed E-state index contributed by atoms with van der Waals surface area (Å²) in [6.07, 6.45) is 1.18. The number of nitrogens with one attached hydrogen (secondary N) is 1. The predicted octanol–water partition coefficient (Wildman–Crippen LogP) is 0.968. The number of hydrogen-bond acceptors (Lipinski definition) is 4. The number of hydrogen-bond donors (Lipinski definition) is 1. The Kier molecular flexibility index (Phi) is 7.04. The first-order valence-electron chi connectivity index (χ1n) is 6.69. The van der Waals surface area contributed by atoms with Crippen LogP contribution in [-0.4, -0.2) is 64.1 Å². The molecule has 0 aliphatic carbocycles. The van der Waals surface area contributed by atoms with Gasteiger partial charge in [-0.25, -0.2) is 0 Å². The minimum Gasteiger partial charge on any atom is -0.383 e. The van der Waals surface area contributed by atoms with Crippen molar-refractivity contribution in [1.82, 2.24) is 10.2 Å². The van der Waals surface area contributed by atoms with Gasteiger partial charge in [-0.2, -0.15) is 0 Å². The van der Waals surface area contributed by atoms with Gasteiger partial charge in [0.2, 0.25) is 0 Å². The highest BCUT2D eigenvalue weighted by Crippen LogP contribution is 2.18. The van der Waals surface area contributed by atoms with E-state index >= 15 is 0 Å². The fourth-order valence-electron chi connectivity index (χ4n) is 2.37. The van der Waals surface area contributed by atoms with E-state index in [1.54, 1.807) is 7.11 Å². The van der Waals surface area contributed by atoms with E-state index in [0.717, 1.165) is 32.9 Å². The molecule has 0 radical (unpaired) electrons. The van der Waals surface area contributed by atoms with Gasteiger partial charge in [-0.15, -0.1) is 0 Å². The molecule has 0 aromatic carbocycles. The first kappa shape index (κ1) is 14.9. The minimum atomic E-state index is 0.462. The summed E-state index contributed by atoms with van der Waals surface area (Å²) in [6.45, 7) is 9.07. The van der Waals surface area contributed by atoms with E-state index in [9.17, 15) is 0 Å². The largest absolute Gasteiger partial charge is 0.383 e. The lowest BCUT2D eigenvalue weighted by Crippen LogP contribution is -2.47. The third-order valence-corrected chi connectivity index (χ3v) is 3.65. The van der Waals surface area contributed by atoms with Crippen molar-refractivity contribution in [3.05, 3.63) is 0 Å². The van der Waals surface area contributed by atoms with Crippen molar-refractivity contribution in [2.24, 2.45) is 5.92 Å². The zero-order valence-corrected chi connectivity index (χ0v) is 11.7. The second kappa shape index (κ2) is 8.03. The van der Waals surface area contributed by atoms with Crippen LogP contribution < -0.4 is 5.32 Å². The van der Waals surface area contributed by atoms with Crippen molar-refractivity contribution < 1.29 is 9.47 Å². The van der Waals surface area contributed by atoms with Gasteiger partial charge in [0, 0.05) is 38.3 Å². The summed E-state index contributed by atoms with van der Waals surface area (Å²) in [5.74, 6) is 0.659. The molecule has 3 atom stereocenters. The monoisotopic (exact) mass is 244 g/mol. The average molecular weight is 244 g/mol. The second-order valence-corrected chi connectivity index (χ2v) is 5.03. The summed E-state index contributed by atoms with van der Waals surface area (Å²) in [6, 6.07) is 0.996. The van der Waals surface area contributed by atoms with E-state index in [-0.39, 0.29) is 0 Å². The van der Waals surface area contributed by atoms with Gasteiger partial charge in [0.25, 0.3) is 0 Å². The van der Waals surface area contributed by atoms with Gasteiger partial charge in [-0.05, 0) is 26.9 Å². The van der Waals surface area contributed by atoms with Crippen molar-refractivity contribution in [3.8, 4) is 0 Å². The normalized spacial score (nSPS) is 24.2. The Morgan fingerprint density at radius 2 is 2.29 bits per heavy atom. The van der Waals surface area contributed by atoms with Gasteiger partial charge in [-0.3, -0.25) is 4.90 Å². The summed E-state index contributed by atoms with van der Waals surface area (Å²) < 4.78 is 10.7. The average Bonchev–Trinajstić information content (AvgIpc) is 2.82. The van der Waals surface area contributed by atoms with Gasteiger partial charge in [0.05, 0.1) is 13.2 Å². The Labute approximate surface area is 106 Å². The van der Waals surface area contributed by atoms with Gasteiger partial charge < -0.3 is 14.8 Å². The van der Waals surface area contributed by atoms with Crippen molar-refractivity contribution >= 4 is 0 Å². The highest BCUT2D eigenvalue weighted by atomic mass is 16.5. The van der Waals surface area contributed by atoms with Crippen molar-refractivity contribution in [2.45, 2.75) is 32.4 Å². The predicted molar refractivity (Wildman–Crippen MR) is 70.4 cm³/mol. The van der Waals surface area contributed by atoms with Crippen LogP contribution in [0.4, 0.5) is 0 Å². The lowest BCUT2D eigenvalue weighted by Gasteiger charge is -2.31. The molecule has 0 spiro atoms. The van der Waals surface area contributed by atoms with Crippen molar-refractivity contribution in [3.63, 3.8) is 0 Å². The van der Waals surface area contributed by atoms with Crippen LogP contribution in [0.25, 0.3) is 0 Å². The molecule has 0 bridgehead atoms. The maximum atomic E-state index is 5.49. The van der Waals surface area contributed by atoms with Crippen LogP contribution in [0.1, 0.15) is 20.3 Å². The minimum absolute atomic E-state index is 0.462. The summed E-state index contributed by atoms with van der Waals surface area (Å²) in [7, 11) is 3.93. The van der Waals surface area contributed by atoms with E-state index in [4.69, 9.17) is 9.47 Å². The smallest absolute Gasteiger partial charge is 0.0615 e. The van der Waals surface area contributed by atoms with Gasteiger partial charge in [0.1, 0.15) is 0 Å². The molecule has 1 fully saturated rings. The molecular formula is C13H28N2O2. The van der Waals surface area contributed by atoms with Crippen LogP contribution in [0.5, 0.6) is 0 Å². The van der Waals surface area contributed by atoms with E-state index in [1.165, 1.54) is 6.42 Å². The maximum absolute atomic E-state index is 5.49. The van der Waals surface area contributed by atoms with E-state index in [2.05, 4.69) is 31.1 Å². The van der Waals surface area contributed by atoms with Crippen molar-refractivity contribution in [1.29, 1.82) is 0 Å². The SMILES string of the molecule is CCNC(CN(C)C(C)COC)C1CCOC1. The summed E-state index contributed by atoms with van der Waals surface area (Å²) in [5, 5.41) is 3.59. The molecule has 1 aliphatic heterocycles. The Morgan fingerprint density at radius 1 is 1.53 bits per heavy atom. The van der Waals surface area contributed by atoms with E-state index < -0.39 is 0 Å². The van der Waals surface area contributed by atoms with Crippen molar-refractivity contribution in [2.75, 3.05) is 47.1 Å². The molecular weight excluding hydrogens is 216 g/mol. The third kappa shape index (κ3) is 4.92. The third-order valence-electron chi connectivity index (χ3n) is 3.65. The van der Waals surface area contributed by atoms with Gasteiger partial charge in [-0.1, -0.05) is 6.92 Å². The first-order valence-corrected chi connectivity index (χ1v) is 6.69. The Bertz CT molecular complexity index is 196. The zero-order chi connectivity index (χ0) is 12.7. The number of ether oxygens (including phenoxy) is 2. The molecule has 4 heteroatoms. The van der Waals surface area contributed by atoms with Crippen LogP contribution >= 0.6 is 0 Å². The molecule has 17 heavy (non-hydrogen) atoms. The van der Waals surface area contributed by atoms with E-state index in [0.29, 0.717) is 18.0 Å². The fourth-order valence-corrected chi connectivity index (χ4v) is 2.37. The molecule has 0 aromatic heterocycles. The summed E-state index contributed by atoms with van der Waals surface area (Å²) >= 11 is 0. The fraction of sp³-hybridized carbons (Fsp3) is 1.00. The van der Waals surface area contributed by atoms with Crippen LogP contribution in [0, 0.1) is 5.92 Å². The molecule has 0 saturated carbocycles. The topological polar surface area (TPSA) is 33.7 Å². The molecule has 1 heterocycles. The molecule has 1 rings (SSSR count). The summed E-state index contributed by atoms with van der Waals surface area (Å²) in [4.78, 5) is 2.37. The molecule has 3 unspecified atom stereocenters. The maximum Gasteiger partial charge on any atom is 0.0615 e. The molecule has 1 aliphatic rings. The molecule has 102 valence electrons. The Morgan fingerprint density at radius 3 is 2.82 bits per heavy atom. The lowest BCUT2D eigenvalue weighted by atomic mass is 9.98. The van der Waals surface area contributed by atoms with Gasteiger partial charge in [0.15, 0.2) is 0 Å². The highest BCUT2D eigenvalue weighted by molar-refractivity contribution is 4.82. The highest BCUT2D eigenvalue weighted by Gasteiger charge is 2.26. The summed E-state index contributed by atoms with van der Waals surface area (Å²) in [5.41, 5.74) is 0. The van der Waals surface area contributed by atoms with Crippen LogP contribution in [0.2, 0.25) is 0 Å².